The molecule has 0 N–H and O–H groups in total. The van der Waals surface area contributed by atoms with Gasteiger partial charge in [0.05, 0.1) is 24.8 Å². The van der Waals surface area contributed by atoms with Gasteiger partial charge in [0.2, 0.25) is 17.6 Å². The van der Waals surface area contributed by atoms with Gasteiger partial charge in [-0.25, -0.2) is 0 Å². The van der Waals surface area contributed by atoms with Crippen LogP contribution in [0.5, 0.6) is 11.5 Å². The summed E-state index contributed by atoms with van der Waals surface area (Å²) in [5, 5.41) is 4.12. The molecule has 0 aliphatic carbocycles. The van der Waals surface area contributed by atoms with Crippen molar-refractivity contribution in [3.05, 3.63) is 54.4 Å². The summed E-state index contributed by atoms with van der Waals surface area (Å²) in [6, 6.07) is 15.2. The van der Waals surface area contributed by atoms with Gasteiger partial charge in [0.15, 0.2) is 0 Å². The number of amides is 1. The fourth-order valence-electron chi connectivity index (χ4n) is 3.62. The summed E-state index contributed by atoms with van der Waals surface area (Å²) in [5.74, 6) is 2.38. The van der Waals surface area contributed by atoms with Crippen molar-refractivity contribution in [2.24, 2.45) is 0 Å². The lowest BCUT2D eigenvalue weighted by Crippen LogP contribution is -2.25. The highest BCUT2D eigenvalue weighted by Crippen LogP contribution is 2.36. The molecule has 1 aliphatic heterocycles. The smallest absolute Gasteiger partial charge is 0.232 e. The Hall–Kier alpha value is -3.35. The quantitative estimate of drug-likeness (QED) is 0.460. The van der Waals surface area contributed by atoms with E-state index in [1.807, 2.05) is 55.5 Å². The minimum atomic E-state index is -0.153. The average Bonchev–Trinajstić information content (AvgIpc) is 3.42. The van der Waals surface area contributed by atoms with Gasteiger partial charge in [-0.1, -0.05) is 30.6 Å². The van der Waals surface area contributed by atoms with Gasteiger partial charge in [0, 0.05) is 18.5 Å². The SMILES string of the molecule is CCCCOc1ccc(-c2noc(C3CC(=O)N(c4ccccc4OCC)C3)n2)cc1. The first kappa shape index (κ1) is 20.9. The Morgan fingerprint density at radius 1 is 1.10 bits per heavy atom. The number of hydrogen-bond acceptors (Lipinski definition) is 6. The molecular formula is C24H27N3O4. The second kappa shape index (κ2) is 9.64. The lowest BCUT2D eigenvalue weighted by atomic mass is 10.1. The predicted octanol–water partition coefficient (Wildman–Crippen LogP) is 4.83. The van der Waals surface area contributed by atoms with Crippen LogP contribution in [0.3, 0.4) is 0 Å². The van der Waals surface area contributed by atoms with Gasteiger partial charge in [0.1, 0.15) is 11.5 Å². The van der Waals surface area contributed by atoms with Crippen molar-refractivity contribution < 1.29 is 18.8 Å². The van der Waals surface area contributed by atoms with E-state index in [4.69, 9.17) is 14.0 Å². The van der Waals surface area contributed by atoms with Crippen LogP contribution in [0.4, 0.5) is 5.69 Å². The maximum Gasteiger partial charge on any atom is 0.232 e. The van der Waals surface area contributed by atoms with Crippen LogP contribution in [0, 0.1) is 0 Å². The van der Waals surface area contributed by atoms with Gasteiger partial charge in [0.25, 0.3) is 0 Å². The third-order valence-corrected chi connectivity index (χ3v) is 5.25. The Kier molecular flexibility index (Phi) is 6.50. The molecule has 2 aromatic carbocycles. The number of carbonyl (C=O) groups is 1. The first-order chi connectivity index (χ1) is 15.2. The number of carbonyl (C=O) groups excluding carboxylic acids is 1. The minimum absolute atomic E-state index is 0.0190. The number of nitrogens with zero attached hydrogens (tertiary/aromatic N) is 3. The minimum Gasteiger partial charge on any atom is -0.494 e. The molecule has 1 saturated heterocycles. The van der Waals surface area contributed by atoms with Crippen molar-refractivity contribution in [3.63, 3.8) is 0 Å². The van der Waals surface area contributed by atoms with E-state index in [1.165, 1.54) is 0 Å². The summed E-state index contributed by atoms with van der Waals surface area (Å²) < 4.78 is 16.9. The number of rotatable bonds is 9. The highest BCUT2D eigenvalue weighted by atomic mass is 16.5. The van der Waals surface area contributed by atoms with Crippen molar-refractivity contribution >= 4 is 11.6 Å². The van der Waals surface area contributed by atoms with Crippen LogP contribution in [-0.2, 0) is 4.79 Å². The maximum absolute atomic E-state index is 12.7. The molecule has 0 bridgehead atoms. The van der Waals surface area contributed by atoms with E-state index in [-0.39, 0.29) is 11.8 Å². The predicted molar refractivity (Wildman–Crippen MR) is 117 cm³/mol. The van der Waals surface area contributed by atoms with Crippen LogP contribution in [0.25, 0.3) is 11.4 Å². The van der Waals surface area contributed by atoms with Crippen molar-refractivity contribution in [1.29, 1.82) is 0 Å². The van der Waals surface area contributed by atoms with E-state index in [2.05, 4.69) is 17.1 Å². The fraction of sp³-hybridized carbons (Fsp3) is 0.375. The van der Waals surface area contributed by atoms with Gasteiger partial charge in [-0.05, 0) is 49.7 Å². The fourth-order valence-corrected chi connectivity index (χ4v) is 3.62. The van der Waals surface area contributed by atoms with E-state index in [0.717, 1.165) is 29.8 Å². The highest BCUT2D eigenvalue weighted by molar-refractivity contribution is 5.97. The first-order valence-corrected chi connectivity index (χ1v) is 10.8. The molecule has 31 heavy (non-hydrogen) atoms. The van der Waals surface area contributed by atoms with Gasteiger partial charge >= 0.3 is 0 Å². The molecule has 1 aliphatic rings. The average molecular weight is 421 g/mol. The third kappa shape index (κ3) is 4.71. The molecular weight excluding hydrogens is 394 g/mol. The highest BCUT2D eigenvalue weighted by Gasteiger charge is 2.36. The molecule has 3 aromatic rings. The summed E-state index contributed by atoms with van der Waals surface area (Å²) in [4.78, 5) is 19.0. The van der Waals surface area contributed by atoms with Gasteiger partial charge in [-0.2, -0.15) is 4.98 Å². The van der Waals surface area contributed by atoms with Crippen molar-refractivity contribution in [2.45, 2.75) is 39.0 Å². The Bertz CT molecular complexity index is 1020. The number of anilines is 1. The summed E-state index contributed by atoms with van der Waals surface area (Å²) in [6.45, 7) is 5.79. The Balaban J connectivity index is 1.46. The second-order valence-corrected chi connectivity index (χ2v) is 7.49. The van der Waals surface area contributed by atoms with E-state index in [9.17, 15) is 4.79 Å². The molecule has 0 radical (unpaired) electrons. The molecule has 162 valence electrons. The number of ether oxygens (including phenoxy) is 2. The normalized spacial score (nSPS) is 16.0. The third-order valence-electron chi connectivity index (χ3n) is 5.25. The van der Waals surface area contributed by atoms with E-state index in [1.54, 1.807) is 4.90 Å². The van der Waals surface area contributed by atoms with Crippen LogP contribution < -0.4 is 14.4 Å². The summed E-state index contributed by atoms with van der Waals surface area (Å²) in [5.41, 5.74) is 1.62. The molecule has 1 atom stereocenters. The van der Waals surface area contributed by atoms with Gasteiger partial charge < -0.3 is 18.9 Å². The number of benzene rings is 2. The second-order valence-electron chi connectivity index (χ2n) is 7.49. The van der Waals surface area contributed by atoms with Crippen LogP contribution in [0.15, 0.2) is 53.1 Å². The summed E-state index contributed by atoms with van der Waals surface area (Å²) in [6.07, 6.45) is 2.45. The van der Waals surface area contributed by atoms with Crippen LogP contribution in [0.1, 0.15) is 44.9 Å². The first-order valence-electron chi connectivity index (χ1n) is 10.8. The van der Waals surface area contributed by atoms with Crippen molar-refractivity contribution in [2.75, 3.05) is 24.7 Å². The number of hydrogen-bond donors (Lipinski definition) is 0. The van der Waals surface area contributed by atoms with Crippen molar-refractivity contribution in [3.8, 4) is 22.9 Å². The summed E-state index contributed by atoms with van der Waals surface area (Å²) in [7, 11) is 0. The number of unbranched alkanes of at least 4 members (excludes halogenated alkanes) is 1. The van der Waals surface area contributed by atoms with E-state index < -0.39 is 0 Å². The molecule has 2 heterocycles. The monoisotopic (exact) mass is 421 g/mol. The topological polar surface area (TPSA) is 77.7 Å². The number of aromatic nitrogens is 2. The Morgan fingerprint density at radius 2 is 1.90 bits per heavy atom. The molecule has 4 rings (SSSR count). The van der Waals surface area contributed by atoms with Gasteiger partial charge in [-0.15, -0.1) is 0 Å². The molecule has 7 nitrogen and oxygen atoms in total. The van der Waals surface area contributed by atoms with Crippen LogP contribution in [-0.4, -0.2) is 35.8 Å². The van der Waals surface area contributed by atoms with Gasteiger partial charge in [-0.3, -0.25) is 4.79 Å². The lowest BCUT2D eigenvalue weighted by molar-refractivity contribution is -0.117. The zero-order chi connectivity index (χ0) is 21.6. The zero-order valence-corrected chi connectivity index (χ0v) is 17.9. The molecule has 1 fully saturated rings. The zero-order valence-electron chi connectivity index (χ0n) is 17.9. The lowest BCUT2D eigenvalue weighted by Gasteiger charge is -2.19. The standard InChI is InChI=1S/C24H27N3O4/c1-3-5-14-30-19-12-10-17(11-13-19)23-25-24(31-26-23)18-15-22(28)27(16-18)20-8-6-7-9-21(20)29-4-2/h6-13,18H,3-5,14-16H2,1-2H3. The van der Waals surface area contributed by atoms with Crippen molar-refractivity contribution in [1.82, 2.24) is 10.1 Å². The maximum atomic E-state index is 12.7. The Morgan fingerprint density at radius 3 is 2.68 bits per heavy atom. The molecule has 7 heteroatoms. The molecule has 1 aromatic heterocycles. The van der Waals surface area contributed by atoms with Crippen LogP contribution >= 0.6 is 0 Å². The molecule has 1 amide bonds. The Labute approximate surface area is 182 Å². The van der Waals surface area contributed by atoms with E-state index in [0.29, 0.717) is 43.6 Å². The molecule has 1 unspecified atom stereocenters. The number of para-hydroxylation sites is 2. The van der Waals surface area contributed by atoms with E-state index >= 15 is 0 Å². The molecule has 0 saturated carbocycles. The largest absolute Gasteiger partial charge is 0.494 e. The summed E-state index contributed by atoms with van der Waals surface area (Å²) >= 11 is 0. The molecule has 0 spiro atoms. The van der Waals surface area contributed by atoms with Crippen LogP contribution in [0.2, 0.25) is 0 Å².